The van der Waals surface area contributed by atoms with Gasteiger partial charge in [0.1, 0.15) is 11.1 Å². The SMILES string of the molecule is Cc1cc(N2CC(S(N)(=O)=O)CC2=O)c(Cl)cc1F. The molecule has 0 aromatic heterocycles. The van der Waals surface area contributed by atoms with Crippen LogP contribution >= 0.6 is 11.6 Å². The van der Waals surface area contributed by atoms with E-state index in [0.717, 1.165) is 6.07 Å². The van der Waals surface area contributed by atoms with Crippen LogP contribution in [0.5, 0.6) is 0 Å². The number of aryl methyl sites for hydroxylation is 1. The van der Waals surface area contributed by atoms with Crippen molar-refractivity contribution in [1.82, 2.24) is 0 Å². The summed E-state index contributed by atoms with van der Waals surface area (Å²) in [6.45, 7) is 1.47. The Morgan fingerprint density at radius 2 is 2.11 bits per heavy atom. The molecule has 19 heavy (non-hydrogen) atoms. The van der Waals surface area contributed by atoms with E-state index in [4.69, 9.17) is 16.7 Å². The predicted octanol–water partition coefficient (Wildman–Crippen LogP) is 1.18. The van der Waals surface area contributed by atoms with Gasteiger partial charge in [0.25, 0.3) is 0 Å². The Balaban J connectivity index is 2.39. The van der Waals surface area contributed by atoms with Crippen LogP contribution in [0.3, 0.4) is 0 Å². The molecule has 1 aliphatic rings. The summed E-state index contributed by atoms with van der Waals surface area (Å²) in [5.74, 6) is -0.879. The van der Waals surface area contributed by atoms with Crippen molar-refractivity contribution in [3.05, 3.63) is 28.5 Å². The van der Waals surface area contributed by atoms with Gasteiger partial charge in [0, 0.05) is 13.0 Å². The number of primary sulfonamides is 1. The molecular formula is C11H12ClFN2O3S. The molecule has 1 saturated heterocycles. The van der Waals surface area contributed by atoms with E-state index in [2.05, 4.69) is 0 Å². The molecule has 1 aromatic carbocycles. The van der Waals surface area contributed by atoms with Crippen LogP contribution in [-0.4, -0.2) is 26.1 Å². The number of amides is 1. The number of hydrogen-bond acceptors (Lipinski definition) is 3. The molecule has 1 aromatic rings. The first kappa shape index (κ1) is 14.2. The smallest absolute Gasteiger partial charge is 0.228 e. The van der Waals surface area contributed by atoms with Crippen molar-refractivity contribution in [2.75, 3.05) is 11.4 Å². The molecule has 1 aliphatic heterocycles. The van der Waals surface area contributed by atoms with Gasteiger partial charge in [-0.2, -0.15) is 0 Å². The van der Waals surface area contributed by atoms with Gasteiger partial charge in [0.2, 0.25) is 15.9 Å². The van der Waals surface area contributed by atoms with Crippen molar-refractivity contribution in [2.24, 2.45) is 5.14 Å². The lowest BCUT2D eigenvalue weighted by Crippen LogP contribution is -2.32. The zero-order chi connectivity index (χ0) is 14.4. The summed E-state index contributed by atoms with van der Waals surface area (Å²) >= 11 is 5.89. The Bertz CT molecular complexity index is 648. The summed E-state index contributed by atoms with van der Waals surface area (Å²) in [6.07, 6.45) is -0.189. The number of sulfonamides is 1. The third-order valence-electron chi connectivity index (χ3n) is 3.07. The highest BCUT2D eigenvalue weighted by atomic mass is 35.5. The number of nitrogens with zero attached hydrogens (tertiary/aromatic N) is 1. The molecular weight excluding hydrogens is 295 g/mol. The van der Waals surface area contributed by atoms with E-state index in [9.17, 15) is 17.6 Å². The highest BCUT2D eigenvalue weighted by Gasteiger charge is 2.38. The molecule has 0 spiro atoms. The minimum Gasteiger partial charge on any atom is -0.310 e. The number of rotatable bonds is 2. The van der Waals surface area contributed by atoms with Crippen LogP contribution in [0.25, 0.3) is 0 Å². The standard InChI is InChI=1S/C11H12ClFN2O3S/c1-6-2-10(8(12)4-9(6)13)15-5-7(3-11(15)16)19(14,17)18/h2,4,7H,3,5H2,1H3,(H2,14,17,18). The van der Waals surface area contributed by atoms with Crippen LogP contribution in [0.4, 0.5) is 10.1 Å². The summed E-state index contributed by atoms with van der Waals surface area (Å²) in [4.78, 5) is 13.1. The molecule has 5 nitrogen and oxygen atoms in total. The van der Waals surface area contributed by atoms with Gasteiger partial charge >= 0.3 is 0 Å². The molecule has 0 bridgehead atoms. The van der Waals surface area contributed by atoms with Gasteiger partial charge in [-0.25, -0.2) is 17.9 Å². The second kappa shape index (κ2) is 4.73. The first-order chi connectivity index (χ1) is 8.70. The highest BCUT2D eigenvalue weighted by Crippen LogP contribution is 2.32. The number of hydrogen-bond donors (Lipinski definition) is 1. The van der Waals surface area contributed by atoms with E-state index in [1.165, 1.54) is 17.9 Å². The van der Waals surface area contributed by atoms with Crippen molar-refractivity contribution in [3.8, 4) is 0 Å². The summed E-state index contributed by atoms with van der Waals surface area (Å²) < 4.78 is 35.8. The van der Waals surface area contributed by atoms with Gasteiger partial charge in [-0.3, -0.25) is 4.79 Å². The highest BCUT2D eigenvalue weighted by molar-refractivity contribution is 7.89. The summed E-state index contributed by atoms with van der Waals surface area (Å²) in [5, 5.41) is 4.14. The number of anilines is 1. The van der Waals surface area contributed by atoms with E-state index in [-0.39, 0.29) is 18.0 Å². The second-order valence-electron chi connectivity index (χ2n) is 4.47. The second-order valence-corrected chi connectivity index (χ2v) is 6.72. The average molecular weight is 307 g/mol. The van der Waals surface area contributed by atoms with Crippen LogP contribution in [0, 0.1) is 12.7 Å². The fourth-order valence-corrected chi connectivity index (χ4v) is 2.96. The lowest BCUT2D eigenvalue weighted by molar-refractivity contribution is -0.117. The monoisotopic (exact) mass is 306 g/mol. The molecule has 104 valence electrons. The van der Waals surface area contributed by atoms with Gasteiger partial charge in [-0.05, 0) is 24.6 Å². The fraction of sp³-hybridized carbons (Fsp3) is 0.364. The zero-order valence-corrected chi connectivity index (χ0v) is 11.6. The third-order valence-corrected chi connectivity index (χ3v) is 4.62. The van der Waals surface area contributed by atoms with Crippen LogP contribution in [0.1, 0.15) is 12.0 Å². The number of carbonyl (C=O) groups is 1. The number of carbonyl (C=O) groups excluding carboxylic acids is 1. The largest absolute Gasteiger partial charge is 0.310 e. The van der Waals surface area contributed by atoms with E-state index in [0.29, 0.717) is 11.3 Å². The molecule has 1 fully saturated rings. The topological polar surface area (TPSA) is 80.5 Å². The Kier molecular flexibility index (Phi) is 3.55. The van der Waals surface area contributed by atoms with E-state index >= 15 is 0 Å². The number of halogens is 2. The van der Waals surface area contributed by atoms with Gasteiger partial charge in [-0.1, -0.05) is 11.6 Å². The van der Waals surface area contributed by atoms with Crippen LogP contribution in [0.15, 0.2) is 12.1 Å². The normalized spacial score (nSPS) is 20.1. The lowest BCUT2D eigenvalue weighted by Gasteiger charge is -2.18. The van der Waals surface area contributed by atoms with Crippen molar-refractivity contribution < 1.29 is 17.6 Å². The quantitative estimate of drug-likeness (QED) is 0.891. The molecule has 0 aliphatic carbocycles. The molecule has 1 amide bonds. The minimum absolute atomic E-state index is 0.0616. The predicted molar refractivity (Wildman–Crippen MR) is 70.0 cm³/mol. The minimum atomic E-state index is -3.79. The Labute approximate surface area is 115 Å². The molecule has 0 radical (unpaired) electrons. The van der Waals surface area contributed by atoms with E-state index < -0.39 is 27.0 Å². The average Bonchev–Trinajstić information content (AvgIpc) is 2.65. The first-order valence-electron chi connectivity index (χ1n) is 5.48. The van der Waals surface area contributed by atoms with Crippen LogP contribution in [0.2, 0.25) is 5.02 Å². The maximum Gasteiger partial charge on any atom is 0.228 e. The van der Waals surface area contributed by atoms with Gasteiger partial charge in [0.05, 0.1) is 10.7 Å². The Morgan fingerprint density at radius 3 is 2.63 bits per heavy atom. The van der Waals surface area contributed by atoms with Crippen molar-refractivity contribution in [1.29, 1.82) is 0 Å². The molecule has 1 atom stereocenters. The number of nitrogens with two attached hydrogens (primary N) is 1. The first-order valence-corrected chi connectivity index (χ1v) is 7.46. The third kappa shape index (κ3) is 2.72. The van der Waals surface area contributed by atoms with Crippen molar-refractivity contribution in [2.45, 2.75) is 18.6 Å². The van der Waals surface area contributed by atoms with Gasteiger partial charge < -0.3 is 4.90 Å². The summed E-state index contributed by atoms with van der Waals surface area (Å²) in [6, 6.07) is 2.52. The molecule has 2 N–H and O–H groups in total. The fourth-order valence-electron chi connectivity index (χ4n) is 1.98. The molecule has 8 heteroatoms. The lowest BCUT2D eigenvalue weighted by atomic mass is 10.2. The van der Waals surface area contributed by atoms with E-state index in [1.807, 2.05) is 0 Å². The summed E-state index contributed by atoms with van der Waals surface area (Å²) in [7, 11) is -3.79. The molecule has 0 saturated carbocycles. The van der Waals surface area contributed by atoms with Crippen LogP contribution < -0.4 is 10.0 Å². The van der Waals surface area contributed by atoms with Crippen molar-refractivity contribution >= 4 is 33.2 Å². The summed E-state index contributed by atoms with van der Waals surface area (Å²) in [5.41, 5.74) is 0.628. The number of benzene rings is 1. The Hall–Kier alpha value is -1.18. The molecule has 1 heterocycles. The van der Waals surface area contributed by atoms with Gasteiger partial charge in [0.15, 0.2) is 0 Å². The van der Waals surface area contributed by atoms with Crippen LogP contribution in [-0.2, 0) is 14.8 Å². The molecule has 2 rings (SSSR count). The van der Waals surface area contributed by atoms with Crippen molar-refractivity contribution in [3.63, 3.8) is 0 Å². The Morgan fingerprint density at radius 1 is 1.47 bits per heavy atom. The van der Waals surface area contributed by atoms with E-state index in [1.54, 1.807) is 0 Å². The maximum absolute atomic E-state index is 13.3. The van der Waals surface area contributed by atoms with Gasteiger partial charge in [-0.15, -0.1) is 0 Å². The zero-order valence-electron chi connectivity index (χ0n) is 10.1. The molecule has 1 unspecified atom stereocenters. The maximum atomic E-state index is 13.3.